The van der Waals surface area contributed by atoms with Crippen LogP contribution in [-0.2, 0) is 4.79 Å². The number of carboxylic acid groups (broad SMARTS) is 1. The van der Waals surface area contributed by atoms with Gasteiger partial charge in [0, 0.05) is 17.6 Å². The number of nitrogens with zero attached hydrogens (tertiary/aromatic N) is 2. The summed E-state index contributed by atoms with van der Waals surface area (Å²) in [5, 5.41) is 14.4. The van der Waals surface area contributed by atoms with Gasteiger partial charge in [0.25, 0.3) is 0 Å². The highest BCUT2D eigenvalue weighted by atomic mass is 16.4. The summed E-state index contributed by atoms with van der Waals surface area (Å²) in [6.07, 6.45) is 5.60. The molecular weight excluding hydrogens is 294 g/mol. The highest BCUT2D eigenvalue weighted by molar-refractivity contribution is 5.82. The molecule has 23 heavy (non-hydrogen) atoms. The van der Waals surface area contributed by atoms with Gasteiger partial charge in [0.05, 0.1) is 6.54 Å². The Kier molecular flexibility index (Phi) is 5.89. The zero-order chi connectivity index (χ0) is 17.0. The third kappa shape index (κ3) is 4.83. The maximum atomic E-state index is 12.4. The van der Waals surface area contributed by atoms with Crippen LogP contribution in [0.5, 0.6) is 0 Å². The quantitative estimate of drug-likeness (QED) is 0.835. The molecule has 6 heteroatoms. The molecular formula is C17H30N3O3-. The molecule has 1 aliphatic heterocycles. The summed E-state index contributed by atoms with van der Waals surface area (Å²) in [5.74, 6) is -0.222. The minimum Gasteiger partial charge on any atom is -0.530 e. The Morgan fingerprint density at radius 2 is 1.74 bits per heavy atom. The Morgan fingerprint density at radius 3 is 2.30 bits per heavy atom. The van der Waals surface area contributed by atoms with E-state index in [1.165, 1.54) is 19.3 Å². The molecule has 0 radical (unpaired) electrons. The minimum absolute atomic E-state index is 0.137. The van der Waals surface area contributed by atoms with Crippen molar-refractivity contribution in [3.05, 3.63) is 0 Å². The monoisotopic (exact) mass is 324 g/mol. The molecule has 132 valence electrons. The molecule has 2 aliphatic rings. The maximum absolute atomic E-state index is 12.4. The van der Waals surface area contributed by atoms with Crippen LogP contribution in [0.25, 0.3) is 0 Å². The van der Waals surface area contributed by atoms with Gasteiger partial charge in [-0.1, -0.05) is 12.8 Å². The lowest BCUT2D eigenvalue weighted by Gasteiger charge is -2.40. The van der Waals surface area contributed by atoms with E-state index in [9.17, 15) is 14.7 Å². The zero-order valence-corrected chi connectivity index (χ0v) is 14.6. The van der Waals surface area contributed by atoms with Gasteiger partial charge in [-0.25, -0.2) is 0 Å². The van der Waals surface area contributed by atoms with Crippen molar-refractivity contribution in [1.82, 2.24) is 15.1 Å². The van der Waals surface area contributed by atoms with Gasteiger partial charge in [-0.2, -0.15) is 0 Å². The van der Waals surface area contributed by atoms with Gasteiger partial charge in [0.15, 0.2) is 0 Å². The molecule has 1 heterocycles. The largest absolute Gasteiger partial charge is 0.530 e. The van der Waals surface area contributed by atoms with Gasteiger partial charge in [-0.3, -0.25) is 9.69 Å². The van der Waals surface area contributed by atoms with E-state index in [1.807, 2.05) is 0 Å². The van der Waals surface area contributed by atoms with Gasteiger partial charge in [-0.15, -0.1) is 0 Å². The number of likely N-dealkylation sites (tertiary alicyclic amines) is 1. The van der Waals surface area contributed by atoms with Crippen molar-refractivity contribution in [1.29, 1.82) is 0 Å². The third-order valence-corrected chi connectivity index (χ3v) is 5.02. The number of hydrogen-bond donors (Lipinski definition) is 1. The summed E-state index contributed by atoms with van der Waals surface area (Å²) in [6, 6.07) is 0.541. The molecule has 1 saturated heterocycles. The zero-order valence-electron chi connectivity index (χ0n) is 14.6. The molecule has 1 saturated carbocycles. The van der Waals surface area contributed by atoms with Crippen molar-refractivity contribution in [2.45, 2.75) is 76.9 Å². The number of rotatable bonds is 4. The number of hydrogen-bond acceptors (Lipinski definition) is 4. The van der Waals surface area contributed by atoms with Crippen molar-refractivity contribution >= 4 is 12.0 Å². The maximum Gasteiger partial charge on any atom is 0.239 e. The number of nitrogens with one attached hydrogen (secondary N) is 1. The lowest BCUT2D eigenvalue weighted by Crippen LogP contribution is -2.58. The normalized spacial score (nSPS) is 26.0. The van der Waals surface area contributed by atoms with Gasteiger partial charge in [0.1, 0.15) is 6.09 Å². The van der Waals surface area contributed by atoms with Crippen LogP contribution < -0.4 is 10.4 Å². The summed E-state index contributed by atoms with van der Waals surface area (Å²) < 4.78 is 0. The molecule has 2 rings (SSSR count). The van der Waals surface area contributed by atoms with Crippen LogP contribution in [0.3, 0.4) is 0 Å². The van der Waals surface area contributed by atoms with Crippen LogP contribution in [0.4, 0.5) is 4.79 Å². The van der Waals surface area contributed by atoms with E-state index in [2.05, 4.69) is 10.2 Å². The average molecular weight is 324 g/mol. The van der Waals surface area contributed by atoms with E-state index >= 15 is 0 Å². The predicted octanol–water partition coefficient (Wildman–Crippen LogP) is 0.953. The molecule has 2 unspecified atom stereocenters. The summed E-state index contributed by atoms with van der Waals surface area (Å²) in [4.78, 5) is 27.2. The molecule has 0 aromatic heterocycles. The summed E-state index contributed by atoms with van der Waals surface area (Å²) in [7, 11) is 0. The first-order valence-electron chi connectivity index (χ1n) is 8.81. The molecule has 2 atom stereocenters. The summed E-state index contributed by atoms with van der Waals surface area (Å²) in [6.45, 7) is 7.38. The molecule has 1 N–H and O–H groups in total. The first-order chi connectivity index (χ1) is 10.8. The third-order valence-electron chi connectivity index (χ3n) is 5.02. The first-order valence-corrected chi connectivity index (χ1v) is 8.81. The number of carbonyl (C=O) groups is 2. The molecule has 1 aliphatic carbocycles. The average Bonchev–Trinajstić information content (AvgIpc) is 2.98. The fraction of sp³-hybridized carbons (Fsp3) is 0.882. The topological polar surface area (TPSA) is 75.7 Å². The summed E-state index contributed by atoms with van der Waals surface area (Å²) >= 11 is 0. The second-order valence-electron chi connectivity index (χ2n) is 7.79. The van der Waals surface area contributed by atoms with Gasteiger partial charge in [-0.05, 0) is 59.5 Å². The Bertz CT molecular complexity index is 427. The SMILES string of the molecule is CC(C)(C)N(CC(=O)NC1CCCCC1N1CCCC1)C(=O)[O-]. The Hall–Kier alpha value is -1.30. The Balaban J connectivity index is 1.95. The molecule has 0 spiro atoms. The standard InChI is InChI=1S/C17H31N3O3/c1-17(2,3)20(16(22)23)12-15(21)18-13-8-4-5-9-14(13)19-10-6-7-11-19/h13-14H,4-12H2,1-3H3,(H,18,21)(H,22,23)/p-1. The highest BCUT2D eigenvalue weighted by Crippen LogP contribution is 2.26. The first kappa shape index (κ1) is 18.0. The van der Waals surface area contributed by atoms with E-state index in [0.717, 1.165) is 37.3 Å². The molecule has 2 fully saturated rings. The fourth-order valence-corrected chi connectivity index (χ4v) is 3.76. The molecule has 0 aromatic rings. The van der Waals surface area contributed by atoms with Crippen LogP contribution in [0.15, 0.2) is 0 Å². The predicted molar refractivity (Wildman–Crippen MR) is 86.8 cm³/mol. The van der Waals surface area contributed by atoms with E-state index in [0.29, 0.717) is 6.04 Å². The van der Waals surface area contributed by atoms with Crippen LogP contribution in [0, 0.1) is 0 Å². The molecule has 2 amide bonds. The van der Waals surface area contributed by atoms with Crippen LogP contribution >= 0.6 is 0 Å². The smallest absolute Gasteiger partial charge is 0.239 e. The highest BCUT2D eigenvalue weighted by Gasteiger charge is 2.33. The van der Waals surface area contributed by atoms with Gasteiger partial charge >= 0.3 is 0 Å². The van der Waals surface area contributed by atoms with E-state index in [4.69, 9.17) is 0 Å². The Labute approximate surface area is 139 Å². The minimum atomic E-state index is -1.30. The number of amides is 2. The van der Waals surface area contributed by atoms with Gasteiger partial charge < -0.3 is 20.1 Å². The second kappa shape index (κ2) is 7.51. The van der Waals surface area contributed by atoms with Crippen molar-refractivity contribution in [2.75, 3.05) is 19.6 Å². The summed E-state index contributed by atoms with van der Waals surface area (Å²) in [5.41, 5.74) is -0.642. The molecule has 0 bridgehead atoms. The van der Waals surface area contributed by atoms with E-state index in [-0.39, 0.29) is 18.5 Å². The Morgan fingerprint density at radius 1 is 1.13 bits per heavy atom. The van der Waals surface area contributed by atoms with E-state index < -0.39 is 11.6 Å². The molecule has 0 aromatic carbocycles. The second-order valence-corrected chi connectivity index (χ2v) is 7.79. The fourth-order valence-electron chi connectivity index (χ4n) is 3.76. The van der Waals surface area contributed by atoms with Crippen molar-refractivity contribution in [2.24, 2.45) is 0 Å². The van der Waals surface area contributed by atoms with E-state index in [1.54, 1.807) is 20.8 Å². The lowest BCUT2D eigenvalue weighted by atomic mass is 9.89. The van der Waals surface area contributed by atoms with Crippen molar-refractivity contribution in [3.63, 3.8) is 0 Å². The number of carbonyl (C=O) groups excluding carboxylic acids is 2. The lowest BCUT2D eigenvalue weighted by molar-refractivity contribution is -0.270. The van der Waals surface area contributed by atoms with Crippen molar-refractivity contribution in [3.8, 4) is 0 Å². The van der Waals surface area contributed by atoms with Gasteiger partial charge in [0.2, 0.25) is 5.91 Å². The van der Waals surface area contributed by atoms with Crippen LogP contribution in [0.2, 0.25) is 0 Å². The van der Waals surface area contributed by atoms with Crippen LogP contribution in [0.1, 0.15) is 59.3 Å². The van der Waals surface area contributed by atoms with Crippen LogP contribution in [-0.4, -0.2) is 59.1 Å². The molecule has 6 nitrogen and oxygen atoms in total. The van der Waals surface area contributed by atoms with Crippen molar-refractivity contribution < 1.29 is 14.7 Å².